The number of halogens is 2. The lowest BCUT2D eigenvalue weighted by Crippen LogP contribution is -2.49. The summed E-state index contributed by atoms with van der Waals surface area (Å²) in [6.07, 6.45) is 9.65. The smallest absolute Gasteiger partial charge is 0.295 e. The van der Waals surface area contributed by atoms with E-state index in [9.17, 15) is 5.11 Å². The highest BCUT2D eigenvalue weighted by atomic mass is 35.5. The Morgan fingerprint density at radius 3 is 3.03 bits per heavy atom. The van der Waals surface area contributed by atoms with E-state index in [1.165, 1.54) is 6.07 Å². The van der Waals surface area contributed by atoms with Gasteiger partial charge < -0.3 is 19.4 Å². The van der Waals surface area contributed by atoms with Crippen LogP contribution in [0.4, 0.5) is 10.4 Å². The predicted molar refractivity (Wildman–Crippen MR) is 146 cm³/mol. The van der Waals surface area contributed by atoms with Gasteiger partial charge in [-0.25, -0.2) is 9.37 Å². The highest BCUT2D eigenvalue weighted by Gasteiger charge is 2.49. The Balaban J connectivity index is 1.13. The van der Waals surface area contributed by atoms with Gasteiger partial charge in [0.15, 0.2) is 5.58 Å². The number of benzene rings is 2. The van der Waals surface area contributed by atoms with Crippen LogP contribution in [-0.2, 0) is 0 Å². The van der Waals surface area contributed by atoms with Crippen molar-refractivity contribution in [3.63, 3.8) is 0 Å². The summed E-state index contributed by atoms with van der Waals surface area (Å²) >= 11 is 6.13. The average Bonchev–Trinajstić information content (AvgIpc) is 3.61. The van der Waals surface area contributed by atoms with Crippen molar-refractivity contribution in [2.45, 2.75) is 70.1 Å². The van der Waals surface area contributed by atoms with Gasteiger partial charge in [0.1, 0.15) is 11.3 Å². The maximum absolute atomic E-state index is 15.1. The van der Waals surface area contributed by atoms with Crippen LogP contribution in [0.1, 0.15) is 63.5 Å². The third-order valence-corrected chi connectivity index (χ3v) is 9.87. The largest absolute Gasteiger partial charge is 0.424 e. The molecule has 6 unspecified atom stereocenters. The van der Waals surface area contributed by atoms with Crippen LogP contribution in [0.15, 0.2) is 53.3 Å². The van der Waals surface area contributed by atoms with Crippen molar-refractivity contribution in [2.75, 3.05) is 5.32 Å². The Labute approximate surface area is 226 Å². The van der Waals surface area contributed by atoms with Crippen LogP contribution < -0.4 is 5.32 Å². The Hall–Kier alpha value is -2.90. The molecule has 0 saturated heterocycles. The number of hydrogen-bond acceptors (Lipinski definition) is 5. The number of fused-ring (bicyclic) bond motifs is 6. The quantitative estimate of drug-likeness (QED) is 0.273. The molecule has 2 saturated carbocycles. The zero-order valence-corrected chi connectivity index (χ0v) is 22.2. The van der Waals surface area contributed by atoms with Gasteiger partial charge in [0, 0.05) is 22.2 Å². The molecule has 6 atom stereocenters. The summed E-state index contributed by atoms with van der Waals surface area (Å²) in [5.74, 6) is 0.783. The van der Waals surface area contributed by atoms with Crippen LogP contribution in [-0.4, -0.2) is 31.8 Å². The molecule has 4 aromatic rings. The molecule has 3 aliphatic rings. The molecule has 2 aromatic carbocycles. The van der Waals surface area contributed by atoms with E-state index in [0.29, 0.717) is 34.9 Å². The van der Waals surface area contributed by atoms with Crippen molar-refractivity contribution in [2.24, 2.45) is 17.3 Å². The minimum absolute atomic E-state index is 0.210. The summed E-state index contributed by atoms with van der Waals surface area (Å²) < 4.78 is 23.1. The summed E-state index contributed by atoms with van der Waals surface area (Å²) in [7, 11) is 0. The molecule has 3 heterocycles. The number of aromatic nitrogens is 3. The second kappa shape index (κ2) is 9.09. The molecule has 0 spiro atoms. The number of anilines is 1. The Kier molecular flexibility index (Phi) is 5.78. The maximum Gasteiger partial charge on any atom is 0.295 e. The van der Waals surface area contributed by atoms with Gasteiger partial charge in [-0.15, -0.1) is 0 Å². The van der Waals surface area contributed by atoms with Gasteiger partial charge in [-0.1, -0.05) is 30.7 Å². The molecule has 2 bridgehead atoms. The van der Waals surface area contributed by atoms with Crippen molar-refractivity contribution in [1.82, 2.24) is 14.5 Å². The summed E-state index contributed by atoms with van der Waals surface area (Å²) in [6.45, 7) is 2.20. The first-order valence-electron chi connectivity index (χ1n) is 13.8. The Morgan fingerprint density at radius 1 is 1.26 bits per heavy atom. The topological polar surface area (TPSA) is 76.1 Å². The molecule has 8 heteroatoms. The highest BCUT2D eigenvalue weighted by molar-refractivity contribution is 6.31. The van der Waals surface area contributed by atoms with Crippen molar-refractivity contribution in [1.29, 1.82) is 0 Å². The fraction of sp³-hybridized carbons (Fsp3) is 0.467. The number of imidazole rings is 1. The van der Waals surface area contributed by atoms with E-state index in [1.807, 2.05) is 28.8 Å². The number of aliphatic hydroxyl groups is 1. The lowest BCUT2D eigenvalue weighted by atomic mass is 9.56. The molecule has 2 aromatic heterocycles. The molecule has 198 valence electrons. The monoisotopic (exact) mass is 534 g/mol. The molecule has 2 aliphatic carbocycles. The predicted octanol–water partition coefficient (Wildman–Crippen LogP) is 7.22. The van der Waals surface area contributed by atoms with Gasteiger partial charge in [-0.2, -0.15) is 4.98 Å². The molecule has 1 aliphatic heterocycles. The molecule has 6 nitrogen and oxygen atoms in total. The van der Waals surface area contributed by atoms with Gasteiger partial charge in [-0.3, -0.25) is 0 Å². The van der Waals surface area contributed by atoms with Crippen LogP contribution in [0.3, 0.4) is 0 Å². The lowest BCUT2D eigenvalue weighted by molar-refractivity contribution is -0.0630. The van der Waals surface area contributed by atoms with E-state index in [2.05, 4.69) is 22.2 Å². The third-order valence-electron chi connectivity index (χ3n) is 9.63. The molecule has 2 N–H and O–H groups in total. The van der Waals surface area contributed by atoms with Crippen molar-refractivity contribution < 1.29 is 13.9 Å². The third kappa shape index (κ3) is 3.85. The minimum Gasteiger partial charge on any atom is -0.424 e. The molecular weight excluding hydrogens is 503 g/mol. The number of nitrogens with one attached hydrogen (secondary N) is 1. The summed E-state index contributed by atoms with van der Waals surface area (Å²) in [6, 6.07) is 11.2. The number of hydrogen-bond donors (Lipinski definition) is 2. The normalized spacial score (nSPS) is 28.7. The van der Waals surface area contributed by atoms with Crippen LogP contribution in [0.5, 0.6) is 0 Å². The SMILES string of the molecule is CCC1(C(O)CC2c3c(F)cccc3-c3cncn32)CC2CCC(Nc3nc4cc(Cl)ccc4o3)C(C2)C1. The van der Waals surface area contributed by atoms with Gasteiger partial charge in [-0.05, 0) is 86.5 Å². The second-order valence-electron chi connectivity index (χ2n) is 11.6. The first kappa shape index (κ1) is 24.2. The summed E-state index contributed by atoms with van der Waals surface area (Å²) in [5.41, 5.74) is 3.74. The van der Waals surface area contributed by atoms with E-state index in [0.717, 1.165) is 60.9 Å². The number of oxazole rings is 1. The number of rotatable bonds is 6. The van der Waals surface area contributed by atoms with E-state index < -0.39 is 6.10 Å². The van der Waals surface area contributed by atoms with E-state index >= 15 is 4.39 Å². The Morgan fingerprint density at radius 2 is 2.16 bits per heavy atom. The first-order chi connectivity index (χ1) is 18.4. The lowest BCUT2D eigenvalue weighted by Gasteiger charge is -2.52. The fourth-order valence-electron chi connectivity index (χ4n) is 7.75. The standard InChI is InChI=1S/C30H32ClFN4O2/c1-2-30(27(37)12-24-28-20(4-3-5-21(28)32)25-15-33-16-36(24)25)13-17-6-8-22(18(10-17)14-30)34-29-35-23-11-19(31)7-9-26(23)38-29/h3-5,7,9,11,15-18,22,24,27,37H,2,6,8,10,12-14H2,1H3,(H,34,35). The Bertz CT molecular complexity index is 1500. The average molecular weight is 535 g/mol. The molecule has 7 rings (SSSR count). The molecular formula is C30H32ClFN4O2. The zero-order valence-electron chi connectivity index (χ0n) is 21.4. The van der Waals surface area contributed by atoms with Crippen LogP contribution in [0.25, 0.3) is 22.4 Å². The van der Waals surface area contributed by atoms with Gasteiger partial charge in [0.2, 0.25) is 0 Å². The maximum atomic E-state index is 15.1. The van der Waals surface area contributed by atoms with Crippen LogP contribution >= 0.6 is 11.6 Å². The van der Waals surface area contributed by atoms with Crippen molar-refractivity contribution in [3.8, 4) is 11.3 Å². The minimum atomic E-state index is -0.547. The number of aliphatic hydroxyl groups excluding tert-OH is 1. The van der Waals surface area contributed by atoms with E-state index in [4.69, 9.17) is 16.0 Å². The molecule has 2 fully saturated rings. The van der Waals surface area contributed by atoms with Gasteiger partial charge >= 0.3 is 0 Å². The molecule has 0 radical (unpaired) electrons. The number of nitrogens with zero attached hydrogens (tertiary/aromatic N) is 3. The molecule has 38 heavy (non-hydrogen) atoms. The zero-order chi connectivity index (χ0) is 26.0. The first-order valence-corrected chi connectivity index (χ1v) is 14.1. The van der Waals surface area contributed by atoms with Crippen molar-refractivity contribution >= 4 is 28.7 Å². The molecule has 0 amide bonds. The van der Waals surface area contributed by atoms with Crippen LogP contribution in [0.2, 0.25) is 5.02 Å². The van der Waals surface area contributed by atoms with Gasteiger partial charge in [0.05, 0.1) is 30.4 Å². The summed E-state index contributed by atoms with van der Waals surface area (Å²) in [5, 5.41) is 16.1. The second-order valence-corrected chi connectivity index (χ2v) is 12.0. The van der Waals surface area contributed by atoms with Crippen LogP contribution in [0, 0.1) is 23.1 Å². The fourth-order valence-corrected chi connectivity index (χ4v) is 7.92. The van der Waals surface area contributed by atoms with Crippen molar-refractivity contribution in [3.05, 3.63) is 65.3 Å². The van der Waals surface area contributed by atoms with Gasteiger partial charge in [0.25, 0.3) is 6.01 Å². The van der Waals surface area contributed by atoms with E-state index in [1.54, 1.807) is 18.6 Å². The van der Waals surface area contributed by atoms with E-state index in [-0.39, 0.29) is 23.3 Å². The highest BCUT2D eigenvalue weighted by Crippen LogP contribution is 2.55. The summed E-state index contributed by atoms with van der Waals surface area (Å²) in [4.78, 5) is 8.95.